The lowest BCUT2D eigenvalue weighted by Crippen LogP contribution is -2.13. The van der Waals surface area contributed by atoms with Crippen molar-refractivity contribution in [2.75, 3.05) is 11.1 Å². The summed E-state index contributed by atoms with van der Waals surface area (Å²) in [6, 6.07) is 5.16. The number of anilines is 2. The first-order valence-corrected chi connectivity index (χ1v) is 6.46. The lowest BCUT2D eigenvalue weighted by Gasteiger charge is -2.05. The minimum absolute atomic E-state index is 0.252. The van der Waals surface area contributed by atoms with Gasteiger partial charge in [-0.25, -0.2) is 4.98 Å². The van der Waals surface area contributed by atoms with Crippen molar-refractivity contribution in [2.24, 2.45) is 0 Å². The number of nitrogens with zero attached hydrogens (tertiary/aromatic N) is 1. The molecule has 0 spiro atoms. The Morgan fingerprint density at radius 3 is 2.94 bits per heavy atom. The third-order valence-electron chi connectivity index (χ3n) is 2.10. The Hall–Kier alpha value is -1.40. The molecule has 1 amide bonds. The maximum Gasteiger partial charge on any atom is 0.259 e. The minimum atomic E-state index is -0.252. The molecule has 4 nitrogen and oxygen atoms in total. The predicted octanol–water partition coefficient (Wildman–Crippen LogP) is 3.05. The average Bonchev–Trinajstić information content (AvgIpc) is 2.67. The number of nitrogens with two attached hydrogens (primary N) is 1. The van der Waals surface area contributed by atoms with Crippen molar-refractivity contribution in [3.63, 3.8) is 0 Å². The van der Waals surface area contributed by atoms with Gasteiger partial charge in [-0.05, 0) is 25.1 Å². The summed E-state index contributed by atoms with van der Waals surface area (Å²) in [5.74, 6) is -0.252. The highest BCUT2D eigenvalue weighted by Gasteiger charge is 2.11. The van der Waals surface area contributed by atoms with E-state index in [1.807, 2.05) is 6.92 Å². The normalized spacial score (nSPS) is 10.2. The van der Waals surface area contributed by atoms with Gasteiger partial charge in [0.2, 0.25) is 0 Å². The molecule has 1 aromatic carbocycles. The van der Waals surface area contributed by atoms with Crippen LogP contribution in [0.5, 0.6) is 0 Å². The molecular weight excluding hydrogens is 302 g/mol. The molecule has 0 atom stereocenters. The SMILES string of the molecule is Cc1cnc(NC(=O)c2cc(Br)ccc2N)s1. The van der Waals surface area contributed by atoms with E-state index in [-0.39, 0.29) is 5.91 Å². The number of nitrogen functional groups attached to an aromatic ring is 1. The van der Waals surface area contributed by atoms with Gasteiger partial charge in [0.05, 0.1) is 5.56 Å². The van der Waals surface area contributed by atoms with Crippen LogP contribution in [0.15, 0.2) is 28.9 Å². The summed E-state index contributed by atoms with van der Waals surface area (Å²) in [5, 5.41) is 3.29. The van der Waals surface area contributed by atoms with E-state index < -0.39 is 0 Å². The predicted molar refractivity (Wildman–Crippen MR) is 73.4 cm³/mol. The molecule has 3 N–H and O–H groups in total. The molecule has 0 aliphatic carbocycles. The largest absolute Gasteiger partial charge is 0.398 e. The maximum absolute atomic E-state index is 12.0. The summed E-state index contributed by atoms with van der Waals surface area (Å²) in [4.78, 5) is 17.1. The summed E-state index contributed by atoms with van der Waals surface area (Å²) in [6.07, 6.45) is 1.71. The Morgan fingerprint density at radius 1 is 1.53 bits per heavy atom. The van der Waals surface area contributed by atoms with Crippen molar-refractivity contribution in [1.82, 2.24) is 4.98 Å². The molecule has 6 heteroatoms. The van der Waals surface area contributed by atoms with Gasteiger partial charge >= 0.3 is 0 Å². The zero-order chi connectivity index (χ0) is 12.4. The fraction of sp³-hybridized carbons (Fsp3) is 0.0909. The molecule has 0 radical (unpaired) electrons. The highest BCUT2D eigenvalue weighted by molar-refractivity contribution is 9.10. The first kappa shape index (κ1) is 12.1. The topological polar surface area (TPSA) is 68.0 Å². The number of aromatic nitrogens is 1. The zero-order valence-corrected chi connectivity index (χ0v) is 11.4. The number of carbonyl (C=O) groups excluding carboxylic acids is 1. The summed E-state index contributed by atoms with van der Waals surface area (Å²) >= 11 is 4.73. The number of nitrogens with one attached hydrogen (secondary N) is 1. The van der Waals surface area contributed by atoms with Crippen molar-refractivity contribution < 1.29 is 4.79 Å². The van der Waals surface area contributed by atoms with Gasteiger partial charge in [-0.15, -0.1) is 11.3 Å². The monoisotopic (exact) mass is 311 g/mol. The summed E-state index contributed by atoms with van der Waals surface area (Å²) in [6.45, 7) is 1.93. The molecule has 2 aromatic rings. The fourth-order valence-corrected chi connectivity index (χ4v) is 2.32. The first-order valence-electron chi connectivity index (χ1n) is 4.85. The van der Waals surface area contributed by atoms with Gasteiger partial charge in [0, 0.05) is 21.2 Å². The molecule has 1 heterocycles. The minimum Gasteiger partial charge on any atom is -0.398 e. The Bertz CT molecular complexity index is 568. The van der Waals surface area contributed by atoms with Crippen molar-refractivity contribution in [1.29, 1.82) is 0 Å². The summed E-state index contributed by atoms with van der Waals surface area (Å²) < 4.78 is 0.812. The van der Waals surface area contributed by atoms with E-state index in [1.54, 1.807) is 24.4 Å². The molecule has 0 fully saturated rings. The lowest BCUT2D eigenvalue weighted by atomic mass is 10.2. The third-order valence-corrected chi connectivity index (χ3v) is 3.42. The Kier molecular flexibility index (Phi) is 3.44. The summed E-state index contributed by atoms with van der Waals surface area (Å²) in [7, 11) is 0. The molecule has 0 aliphatic heterocycles. The van der Waals surface area contributed by atoms with Crippen LogP contribution >= 0.6 is 27.3 Å². The van der Waals surface area contributed by atoms with Gasteiger partial charge in [-0.3, -0.25) is 10.1 Å². The van der Waals surface area contributed by atoms with Crippen LogP contribution in [0.1, 0.15) is 15.2 Å². The fourth-order valence-electron chi connectivity index (χ4n) is 1.30. The van der Waals surface area contributed by atoms with E-state index in [1.165, 1.54) is 11.3 Å². The van der Waals surface area contributed by atoms with Gasteiger partial charge in [0.15, 0.2) is 5.13 Å². The molecule has 0 unspecified atom stereocenters. The van der Waals surface area contributed by atoms with Gasteiger partial charge < -0.3 is 5.73 Å². The van der Waals surface area contributed by atoms with E-state index in [9.17, 15) is 4.79 Å². The number of rotatable bonds is 2. The average molecular weight is 312 g/mol. The number of aryl methyl sites for hydroxylation is 1. The second kappa shape index (κ2) is 4.85. The van der Waals surface area contributed by atoms with Crippen LogP contribution in [0.3, 0.4) is 0 Å². The van der Waals surface area contributed by atoms with E-state index >= 15 is 0 Å². The van der Waals surface area contributed by atoms with E-state index in [4.69, 9.17) is 5.73 Å². The quantitative estimate of drug-likeness (QED) is 0.838. The smallest absolute Gasteiger partial charge is 0.259 e. The Labute approximate surface area is 111 Å². The van der Waals surface area contributed by atoms with Gasteiger partial charge in [0.1, 0.15) is 0 Å². The van der Waals surface area contributed by atoms with Crippen molar-refractivity contribution >= 4 is 44.0 Å². The van der Waals surface area contributed by atoms with Crippen LogP contribution < -0.4 is 11.1 Å². The van der Waals surface area contributed by atoms with Crippen LogP contribution in [0, 0.1) is 6.92 Å². The molecule has 0 bridgehead atoms. The van der Waals surface area contributed by atoms with Gasteiger partial charge in [0.25, 0.3) is 5.91 Å². The number of thiazole rings is 1. The zero-order valence-electron chi connectivity index (χ0n) is 9.03. The van der Waals surface area contributed by atoms with E-state index in [0.29, 0.717) is 16.4 Å². The van der Waals surface area contributed by atoms with Crippen LogP contribution in [-0.2, 0) is 0 Å². The number of carbonyl (C=O) groups is 1. The second-order valence-corrected chi connectivity index (χ2v) is 5.61. The molecule has 88 valence electrons. The van der Waals surface area contributed by atoms with Crippen LogP contribution in [-0.4, -0.2) is 10.9 Å². The van der Waals surface area contributed by atoms with Crippen LogP contribution in [0.2, 0.25) is 0 Å². The molecular formula is C11H10BrN3OS. The highest BCUT2D eigenvalue weighted by atomic mass is 79.9. The van der Waals surface area contributed by atoms with Crippen molar-refractivity contribution in [3.05, 3.63) is 39.3 Å². The molecule has 0 aliphatic rings. The van der Waals surface area contributed by atoms with Crippen LogP contribution in [0.4, 0.5) is 10.8 Å². The van der Waals surface area contributed by atoms with Crippen molar-refractivity contribution in [2.45, 2.75) is 6.92 Å². The maximum atomic E-state index is 12.0. The number of amides is 1. The van der Waals surface area contributed by atoms with Gasteiger partial charge in [-0.1, -0.05) is 15.9 Å². The number of halogens is 1. The first-order chi connectivity index (χ1) is 8.06. The summed E-state index contributed by atoms with van der Waals surface area (Å²) in [5.41, 5.74) is 6.63. The Morgan fingerprint density at radius 2 is 2.29 bits per heavy atom. The van der Waals surface area contributed by atoms with Crippen molar-refractivity contribution in [3.8, 4) is 0 Å². The molecule has 0 saturated heterocycles. The van der Waals surface area contributed by atoms with Gasteiger partial charge in [-0.2, -0.15) is 0 Å². The Balaban J connectivity index is 2.22. The van der Waals surface area contributed by atoms with E-state index in [0.717, 1.165) is 9.35 Å². The molecule has 17 heavy (non-hydrogen) atoms. The molecule has 1 aromatic heterocycles. The second-order valence-electron chi connectivity index (χ2n) is 3.46. The molecule has 2 rings (SSSR count). The molecule has 0 saturated carbocycles. The number of hydrogen-bond donors (Lipinski definition) is 2. The number of hydrogen-bond acceptors (Lipinski definition) is 4. The van der Waals surface area contributed by atoms with E-state index in [2.05, 4.69) is 26.2 Å². The van der Waals surface area contributed by atoms with Crippen LogP contribution in [0.25, 0.3) is 0 Å². The third kappa shape index (κ3) is 2.83. The standard InChI is InChI=1S/C11H10BrN3OS/c1-6-5-14-11(17-6)15-10(16)8-4-7(12)2-3-9(8)13/h2-5H,13H2,1H3,(H,14,15,16). The number of benzene rings is 1. The lowest BCUT2D eigenvalue weighted by molar-refractivity contribution is 0.102. The highest BCUT2D eigenvalue weighted by Crippen LogP contribution is 2.21.